The van der Waals surface area contributed by atoms with E-state index in [1.165, 1.54) is 21.5 Å². The predicted octanol–water partition coefficient (Wildman–Crippen LogP) is 0.554. The molecule has 0 spiro atoms. The van der Waals surface area contributed by atoms with Crippen molar-refractivity contribution in [3.8, 4) is 5.69 Å². The van der Waals surface area contributed by atoms with Crippen molar-refractivity contribution in [3.05, 3.63) is 61.2 Å². The molecule has 30 heavy (non-hydrogen) atoms. The van der Waals surface area contributed by atoms with Gasteiger partial charge in [-0.1, -0.05) is 13.3 Å². The molecule has 0 saturated heterocycles. The maximum absolute atomic E-state index is 12.2. The van der Waals surface area contributed by atoms with Gasteiger partial charge in [0.15, 0.2) is 0 Å². The normalized spacial score (nSPS) is 11.2. The van der Waals surface area contributed by atoms with Crippen LogP contribution in [-0.2, 0) is 16.9 Å². The van der Waals surface area contributed by atoms with E-state index in [1.807, 2.05) is 6.92 Å². The third kappa shape index (κ3) is 5.59. The number of aromatic amines is 1. The number of hydrogen-bond donors (Lipinski definition) is 1. The van der Waals surface area contributed by atoms with E-state index in [-0.39, 0.29) is 16.9 Å². The number of hydrogen-bond acceptors (Lipinski definition) is 9. The highest BCUT2D eigenvalue weighted by molar-refractivity contribution is 7.79. The Labute approximate surface area is 169 Å². The summed E-state index contributed by atoms with van der Waals surface area (Å²) in [4.78, 5) is 41.6. The lowest BCUT2D eigenvalue weighted by atomic mass is 10.2. The van der Waals surface area contributed by atoms with Crippen LogP contribution in [0.15, 0.2) is 34.2 Å². The minimum atomic E-state index is -5.17. The average molecular weight is 439 g/mol. The van der Waals surface area contributed by atoms with Crippen molar-refractivity contribution in [1.82, 2.24) is 19.1 Å². The SMILES string of the molecule is CCCCn1c(=O)c(=O)[nH]c2cc([N+](=O)[O-])c(-n3cnc(C)c3)cc21.O=S(=O)([O-])[O-]. The van der Waals surface area contributed by atoms with Crippen LogP contribution >= 0.6 is 0 Å². The first-order valence-electron chi connectivity index (χ1n) is 8.55. The van der Waals surface area contributed by atoms with E-state index in [0.29, 0.717) is 17.8 Å². The number of aryl methyl sites for hydroxylation is 2. The second-order valence-electron chi connectivity index (χ2n) is 6.21. The van der Waals surface area contributed by atoms with E-state index in [4.69, 9.17) is 17.5 Å². The molecule has 3 aromatic rings. The smallest absolute Gasteiger partial charge is 0.316 e. The fourth-order valence-corrected chi connectivity index (χ4v) is 2.74. The molecule has 0 bridgehead atoms. The summed E-state index contributed by atoms with van der Waals surface area (Å²) >= 11 is 0. The second-order valence-corrected chi connectivity index (χ2v) is 7.03. The maximum atomic E-state index is 12.2. The van der Waals surface area contributed by atoms with Crippen molar-refractivity contribution in [2.45, 2.75) is 33.2 Å². The van der Waals surface area contributed by atoms with Gasteiger partial charge in [0.2, 0.25) is 0 Å². The van der Waals surface area contributed by atoms with Crippen LogP contribution in [-0.4, -0.2) is 41.5 Å². The van der Waals surface area contributed by atoms with Gasteiger partial charge in [-0.05, 0) is 19.4 Å². The van der Waals surface area contributed by atoms with Gasteiger partial charge in [-0.15, -0.1) is 0 Å². The summed E-state index contributed by atoms with van der Waals surface area (Å²) in [5, 5.41) is 11.5. The molecule has 0 unspecified atom stereocenters. The van der Waals surface area contributed by atoms with Crippen LogP contribution in [0, 0.1) is 17.0 Å². The van der Waals surface area contributed by atoms with E-state index in [0.717, 1.165) is 12.8 Å². The summed E-state index contributed by atoms with van der Waals surface area (Å²) < 4.78 is 37.0. The molecule has 162 valence electrons. The van der Waals surface area contributed by atoms with Crippen molar-refractivity contribution in [2.24, 2.45) is 0 Å². The molecule has 13 nitrogen and oxygen atoms in total. The Bertz CT molecular complexity index is 1300. The molecule has 14 heteroatoms. The van der Waals surface area contributed by atoms with Crippen molar-refractivity contribution in [2.75, 3.05) is 0 Å². The lowest BCUT2D eigenvalue weighted by Gasteiger charge is -2.11. The van der Waals surface area contributed by atoms with Gasteiger partial charge in [-0.25, -0.2) is 4.98 Å². The summed E-state index contributed by atoms with van der Waals surface area (Å²) in [6.45, 7) is 4.12. The number of unbranched alkanes of at least 4 members (excludes halogenated alkanes) is 1. The molecule has 0 saturated carbocycles. The zero-order valence-electron chi connectivity index (χ0n) is 15.9. The van der Waals surface area contributed by atoms with Crippen LogP contribution in [0.2, 0.25) is 0 Å². The highest BCUT2D eigenvalue weighted by atomic mass is 32.3. The number of nitrogens with zero attached hydrogens (tertiary/aromatic N) is 4. The third-order valence-electron chi connectivity index (χ3n) is 3.99. The Morgan fingerprint density at radius 2 is 1.87 bits per heavy atom. The molecule has 0 aliphatic carbocycles. The number of aromatic nitrogens is 4. The van der Waals surface area contributed by atoms with Crippen LogP contribution in [0.25, 0.3) is 16.7 Å². The molecule has 0 amide bonds. The van der Waals surface area contributed by atoms with E-state index >= 15 is 0 Å². The van der Waals surface area contributed by atoms with Gasteiger partial charge in [-0.3, -0.25) is 32.7 Å². The Morgan fingerprint density at radius 3 is 2.37 bits per heavy atom. The second kappa shape index (κ2) is 8.98. The summed E-state index contributed by atoms with van der Waals surface area (Å²) in [5.41, 5.74) is 0.0694. The molecule has 0 atom stereocenters. The van der Waals surface area contributed by atoms with Gasteiger partial charge in [0.1, 0.15) is 5.69 Å². The molecule has 0 aliphatic rings. The Balaban J connectivity index is 0.000000575. The number of rotatable bonds is 5. The van der Waals surface area contributed by atoms with Gasteiger partial charge in [0.05, 0.1) is 28.0 Å². The number of imidazole rings is 1. The Morgan fingerprint density at radius 1 is 1.23 bits per heavy atom. The third-order valence-corrected chi connectivity index (χ3v) is 3.99. The van der Waals surface area contributed by atoms with Crippen molar-refractivity contribution in [1.29, 1.82) is 0 Å². The van der Waals surface area contributed by atoms with Crippen LogP contribution < -0.4 is 11.1 Å². The minimum Gasteiger partial charge on any atom is -0.759 e. The number of nitrogens with one attached hydrogen (secondary N) is 1. The number of fused-ring (bicyclic) bond motifs is 1. The van der Waals surface area contributed by atoms with Crippen molar-refractivity contribution in [3.63, 3.8) is 0 Å². The van der Waals surface area contributed by atoms with E-state index in [1.54, 1.807) is 19.2 Å². The van der Waals surface area contributed by atoms with Gasteiger partial charge >= 0.3 is 11.1 Å². The first kappa shape index (κ1) is 22.9. The minimum absolute atomic E-state index is 0.179. The monoisotopic (exact) mass is 439 g/mol. The molecule has 1 aromatic carbocycles. The van der Waals surface area contributed by atoms with Gasteiger partial charge < -0.3 is 18.7 Å². The molecule has 1 N–H and O–H groups in total. The van der Waals surface area contributed by atoms with Crippen LogP contribution in [0.4, 0.5) is 5.69 Å². The van der Waals surface area contributed by atoms with Gasteiger partial charge in [0.25, 0.3) is 5.69 Å². The molecular formula is C16H17N5O8S-2. The lowest BCUT2D eigenvalue weighted by Crippen LogP contribution is -2.36. The zero-order valence-corrected chi connectivity index (χ0v) is 16.7. The largest absolute Gasteiger partial charge is 0.759 e. The molecule has 0 radical (unpaired) electrons. The summed E-state index contributed by atoms with van der Waals surface area (Å²) in [6, 6.07) is 2.82. The first-order chi connectivity index (χ1) is 13.9. The topological polar surface area (TPSA) is 196 Å². The number of benzene rings is 1. The van der Waals surface area contributed by atoms with Crippen LogP contribution in [0.5, 0.6) is 0 Å². The maximum Gasteiger partial charge on any atom is 0.316 e. The standard InChI is InChI=1S/C16H17N5O4.H2O4S/c1-3-4-5-20-12-7-13(19-8-10(2)17-9-19)14(21(24)25)6-11(12)18-15(22)16(20)23;1-5(2,3)4/h6-9H,3-5H2,1-2H3,(H,18,22);(H2,1,2,3,4)/p-2. The van der Waals surface area contributed by atoms with Crippen molar-refractivity contribution < 1.29 is 22.4 Å². The summed E-state index contributed by atoms with van der Waals surface area (Å²) in [7, 11) is -5.17. The van der Waals surface area contributed by atoms with Crippen LogP contribution in [0.3, 0.4) is 0 Å². The lowest BCUT2D eigenvalue weighted by molar-refractivity contribution is -0.384. The fraction of sp³-hybridized carbons (Fsp3) is 0.312. The quantitative estimate of drug-likeness (QED) is 0.194. The highest BCUT2D eigenvalue weighted by Gasteiger charge is 2.20. The van der Waals surface area contributed by atoms with E-state index in [2.05, 4.69) is 9.97 Å². The van der Waals surface area contributed by atoms with Crippen LogP contribution in [0.1, 0.15) is 25.5 Å². The van der Waals surface area contributed by atoms with E-state index < -0.39 is 26.4 Å². The van der Waals surface area contributed by atoms with E-state index in [9.17, 15) is 19.7 Å². The summed E-state index contributed by atoms with van der Waals surface area (Å²) in [6.07, 6.45) is 4.70. The molecule has 0 aliphatic heterocycles. The average Bonchev–Trinajstić information content (AvgIpc) is 3.06. The predicted molar refractivity (Wildman–Crippen MR) is 103 cm³/mol. The Hall–Kier alpha value is -3.36. The van der Waals surface area contributed by atoms with Crippen molar-refractivity contribution >= 4 is 27.1 Å². The highest BCUT2D eigenvalue weighted by Crippen LogP contribution is 2.27. The fourth-order valence-electron chi connectivity index (χ4n) is 2.74. The van der Waals surface area contributed by atoms with Gasteiger partial charge in [-0.2, -0.15) is 0 Å². The zero-order chi connectivity index (χ0) is 22.6. The van der Waals surface area contributed by atoms with Gasteiger partial charge in [0, 0.05) is 29.2 Å². The Kier molecular flexibility index (Phi) is 6.86. The number of nitro groups is 1. The summed E-state index contributed by atoms with van der Waals surface area (Å²) in [5.74, 6) is 0. The molecule has 3 rings (SSSR count). The molecular weight excluding hydrogens is 422 g/mol. The number of H-pyrrole nitrogens is 1. The first-order valence-corrected chi connectivity index (χ1v) is 9.88. The molecule has 2 aromatic heterocycles. The molecule has 2 heterocycles. The molecule has 0 fully saturated rings. The number of nitro benzene ring substituents is 1.